The van der Waals surface area contributed by atoms with E-state index in [1.165, 1.54) is 6.07 Å². The Labute approximate surface area is 88.9 Å². The number of alkyl halides is 1. The molecule has 0 aliphatic heterocycles. The maximum Gasteiger partial charge on any atom is 0.242 e. The van der Waals surface area contributed by atoms with Gasteiger partial charge in [0.05, 0.1) is 5.69 Å². The number of benzene rings is 1. The normalized spacial score (nSPS) is 11.3. The molecule has 0 radical (unpaired) electrons. The van der Waals surface area contributed by atoms with Gasteiger partial charge in [-0.3, -0.25) is 4.72 Å². The summed E-state index contributed by atoms with van der Waals surface area (Å²) in [5, 5.41) is 8.84. The highest BCUT2D eigenvalue weighted by Crippen LogP contribution is 2.20. The second-order valence-corrected chi connectivity index (χ2v) is 5.52. The molecular formula is C7H7BrFNO3S. The molecular weight excluding hydrogens is 277 g/mol. The van der Waals surface area contributed by atoms with Gasteiger partial charge in [0.2, 0.25) is 10.0 Å². The van der Waals surface area contributed by atoms with Gasteiger partial charge in [-0.1, -0.05) is 15.9 Å². The zero-order valence-corrected chi connectivity index (χ0v) is 9.27. The van der Waals surface area contributed by atoms with Gasteiger partial charge in [0.15, 0.2) is 11.6 Å². The van der Waals surface area contributed by atoms with Crippen LogP contribution in [0, 0.1) is 5.82 Å². The maximum atomic E-state index is 12.8. The van der Waals surface area contributed by atoms with Crippen LogP contribution in [0.4, 0.5) is 10.1 Å². The first-order valence-corrected chi connectivity index (χ1v) is 6.27. The van der Waals surface area contributed by atoms with Crippen LogP contribution < -0.4 is 4.72 Å². The molecule has 0 saturated heterocycles. The van der Waals surface area contributed by atoms with Gasteiger partial charge >= 0.3 is 0 Å². The highest BCUT2D eigenvalue weighted by Gasteiger charge is 2.09. The summed E-state index contributed by atoms with van der Waals surface area (Å²) in [6, 6.07) is 3.23. The molecule has 0 atom stereocenters. The molecule has 0 saturated carbocycles. The topological polar surface area (TPSA) is 66.4 Å². The van der Waals surface area contributed by atoms with Crippen molar-refractivity contribution in [2.45, 2.75) is 0 Å². The average Bonchev–Trinajstić information content (AvgIpc) is 2.11. The molecule has 14 heavy (non-hydrogen) atoms. The lowest BCUT2D eigenvalue weighted by atomic mass is 10.3. The van der Waals surface area contributed by atoms with Crippen molar-refractivity contribution in [3.8, 4) is 5.75 Å². The molecule has 0 aliphatic rings. The van der Waals surface area contributed by atoms with Gasteiger partial charge in [-0.2, -0.15) is 0 Å². The van der Waals surface area contributed by atoms with E-state index in [-0.39, 0.29) is 10.3 Å². The van der Waals surface area contributed by atoms with Gasteiger partial charge in [-0.05, 0) is 12.1 Å². The molecule has 0 aliphatic carbocycles. The number of aromatic hydroxyl groups is 1. The predicted molar refractivity (Wildman–Crippen MR) is 54.4 cm³/mol. The first kappa shape index (κ1) is 11.3. The van der Waals surface area contributed by atoms with E-state index in [1.54, 1.807) is 0 Å². The Bertz CT molecular complexity index is 435. The van der Waals surface area contributed by atoms with Gasteiger partial charge in [-0.15, -0.1) is 0 Å². The fraction of sp³-hybridized carbons (Fsp3) is 0.143. The minimum absolute atomic E-state index is 0.0692. The van der Waals surface area contributed by atoms with Crippen LogP contribution in [0.3, 0.4) is 0 Å². The van der Waals surface area contributed by atoms with E-state index in [0.29, 0.717) is 0 Å². The number of halogens is 2. The average molecular weight is 284 g/mol. The quantitative estimate of drug-likeness (QED) is 0.655. The van der Waals surface area contributed by atoms with Crippen molar-refractivity contribution in [1.29, 1.82) is 0 Å². The van der Waals surface area contributed by atoms with E-state index in [4.69, 9.17) is 5.11 Å². The van der Waals surface area contributed by atoms with Crippen LogP contribution in [-0.4, -0.2) is 18.2 Å². The van der Waals surface area contributed by atoms with Crippen LogP contribution in [0.15, 0.2) is 18.2 Å². The SMILES string of the molecule is O=S(=O)(CBr)Nc1ccc(O)c(F)c1. The van der Waals surface area contributed by atoms with Gasteiger partial charge in [-0.25, -0.2) is 12.8 Å². The second-order valence-electron chi connectivity index (χ2n) is 2.49. The third-order valence-corrected chi connectivity index (χ3v) is 4.01. The van der Waals surface area contributed by atoms with Crippen molar-refractivity contribution in [3.05, 3.63) is 24.0 Å². The number of nitrogens with one attached hydrogen (secondary N) is 1. The molecule has 0 heterocycles. The fourth-order valence-corrected chi connectivity index (χ4v) is 1.66. The van der Waals surface area contributed by atoms with E-state index in [9.17, 15) is 12.8 Å². The van der Waals surface area contributed by atoms with E-state index in [2.05, 4.69) is 20.7 Å². The van der Waals surface area contributed by atoms with Crippen molar-refractivity contribution in [2.75, 3.05) is 9.38 Å². The van der Waals surface area contributed by atoms with Crippen molar-refractivity contribution in [2.24, 2.45) is 0 Å². The number of hydrogen-bond donors (Lipinski definition) is 2. The molecule has 1 rings (SSSR count). The highest BCUT2D eigenvalue weighted by atomic mass is 79.9. The first-order chi connectivity index (χ1) is 6.44. The third kappa shape index (κ3) is 2.85. The van der Waals surface area contributed by atoms with Crippen molar-refractivity contribution >= 4 is 31.6 Å². The summed E-state index contributed by atoms with van der Waals surface area (Å²) in [4.78, 5) is 0. The van der Waals surface area contributed by atoms with E-state index in [0.717, 1.165) is 12.1 Å². The van der Waals surface area contributed by atoms with Crippen LogP contribution in [-0.2, 0) is 10.0 Å². The largest absolute Gasteiger partial charge is 0.505 e. The molecule has 0 amide bonds. The predicted octanol–water partition coefficient (Wildman–Crippen LogP) is 1.63. The smallest absolute Gasteiger partial charge is 0.242 e. The van der Waals surface area contributed by atoms with Crippen LogP contribution in [0.1, 0.15) is 0 Å². The summed E-state index contributed by atoms with van der Waals surface area (Å²) < 4.78 is 36.6. The number of sulfonamides is 1. The van der Waals surface area contributed by atoms with Gasteiger partial charge in [0.1, 0.15) is 4.66 Å². The van der Waals surface area contributed by atoms with Crippen LogP contribution in [0.2, 0.25) is 0 Å². The molecule has 0 spiro atoms. The molecule has 0 unspecified atom stereocenters. The molecule has 7 heteroatoms. The summed E-state index contributed by atoms with van der Waals surface area (Å²) >= 11 is 2.77. The van der Waals surface area contributed by atoms with E-state index < -0.39 is 21.6 Å². The maximum absolute atomic E-state index is 12.8. The summed E-state index contributed by atoms with van der Waals surface area (Å²) in [5.41, 5.74) is 0.0692. The minimum Gasteiger partial charge on any atom is -0.505 e. The number of phenolic OH excluding ortho intramolecular Hbond substituents is 1. The van der Waals surface area contributed by atoms with Gasteiger partial charge < -0.3 is 5.11 Å². The lowest BCUT2D eigenvalue weighted by molar-refractivity contribution is 0.432. The Kier molecular flexibility index (Phi) is 3.33. The zero-order chi connectivity index (χ0) is 10.8. The number of hydrogen-bond acceptors (Lipinski definition) is 3. The third-order valence-electron chi connectivity index (χ3n) is 1.36. The van der Waals surface area contributed by atoms with Crippen molar-refractivity contribution in [1.82, 2.24) is 0 Å². The standard InChI is InChI=1S/C7H7BrFNO3S/c8-4-14(12,13)10-5-1-2-7(11)6(9)3-5/h1-3,10-11H,4H2. The van der Waals surface area contributed by atoms with Crippen LogP contribution >= 0.6 is 15.9 Å². The van der Waals surface area contributed by atoms with Gasteiger partial charge in [0.25, 0.3) is 0 Å². The molecule has 0 fully saturated rings. The second kappa shape index (κ2) is 4.14. The Morgan fingerprint density at radius 3 is 2.64 bits per heavy atom. The molecule has 4 nitrogen and oxygen atoms in total. The Morgan fingerprint density at radius 1 is 1.50 bits per heavy atom. The number of rotatable bonds is 3. The zero-order valence-electron chi connectivity index (χ0n) is 6.87. The summed E-state index contributed by atoms with van der Waals surface area (Å²) in [6.07, 6.45) is 0. The number of anilines is 1. The van der Waals surface area contributed by atoms with E-state index in [1.807, 2.05) is 0 Å². The highest BCUT2D eigenvalue weighted by molar-refractivity contribution is 9.10. The number of phenols is 1. The van der Waals surface area contributed by atoms with Crippen molar-refractivity contribution in [3.63, 3.8) is 0 Å². The lowest BCUT2D eigenvalue weighted by Crippen LogP contribution is -2.13. The molecule has 78 valence electrons. The first-order valence-electron chi connectivity index (χ1n) is 3.49. The van der Waals surface area contributed by atoms with Crippen LogP contribution in [0.25, 0.3) is 0 Å². The van der Waals surface area contributed by atoms with E-state index >= 15 is 0 Å². The van der Waals surface area contributed by atoms with Crippen LogP contribution in [0.5, 0.6) is 5.75 Å². The summed E-state index contributed by atoms with van der Waals surface area (Å²) in [6.45, 7) is 0. The summed E-state index contributed by atoms with van der Waals surface area (Å²) in [7, 11) is -3.48. The fourth-order valence-electron chi connectivity index (χ4n) is 0.777. The Balaban J connectivity index is 2.94. The molecule has 1 aromatic carbocycles. The lowest BCUT2D eigenvalue weighted by Gasteiger charge is -2.05. The molecule has 2 N–H and O–H groups in total. The van der Waals surface area contributed by atoms with Gasteiger partial charge in [0, 0.05) is 6.07 Å². The molecule has 1 aromatic rings. The minimum atomic E-state index is -3.48. The molecule has 0 aromatic heterocycles. The Hall–Kier alpha value is -0.820. The monoisotopic (exact) mass is 283 g/mol. The Morgan fingerprint density at radius 2 is 2.14 bits per heavy atom. The van der Waals surface area contributed by atoms with Crippen molar-refractivity contribution < 1.29 is 17.9 Å². The molecule has 0 bridgehead atoms. The summed E-state index contributed by atoms with van der Waals surface area (Å²) in [5.74, 6) is -1.40.